The number of rotatable bonds is 5. The van der Waals surface area contributed by atoms with E-state index in [4.69, 9.17) is 10.5 Å². The van der Waals surface area contributed by atoms with Crippen molar-refractivity contribution in [1.29, 1.82) is 0 Å². The van der Waals surface area contributed by atoms with Gasteiger partial charge in [-0.15, -0.1) is 0 Å². The van der Waals surface area contributed by atoms with E-state index in [2.05, 4.69) is 15.9 Å². The molecule has 0 bridgehead atoms. The molecule has 0 heterocycles. The first-order valence-corrected chi connectivity index (χ1v) is 7.45. The number of benzene rings is 2. The van der Waals surface area contributed by atoms with Crippen LogP contribution in [0.15, 0.2) is 40.9 Å². The highest BCUT2D eigenvalue weighted by Gasteiger charge is 2.12. The van der Waals surface area contributed by atoms with Gasteiger partial charge in [0.2, 0.25) is 0 Å². The van der Waals surface area contributed by atoms with Crippen LogP contribution in [-0.2, 0) is 6.42 Å². The second-order valence-electron chi connectivity index (χ2n) is 4.80. The summed E-state index contributed by atoms with van der Waals surface area (Å²) in [5.41, 5.74) is 6.54. The Labute approximate surface area is 131 Å². The maximum absolute atomic E-state index is 13.8. The maximum atomic E-state index is 13.8. The van der Waals surface area contributed by atoms with Gasteiger partial charge in [0.15, 0.2) is 11.6 Å². The summed E-state index contributed by atoms with van der Waals surface area (Å²) in [6.45, 7) is 1.96. The molecule has 112 valence electrons. The third-order valence-corrected chi connectivity index (χ3v) is 3.64. The fraction of sp³-hybridized carbons (Fsp3) is 0.250. The van der Waals surface area contributed by atoms with Gasteiger partial charge >= 0.3 is 0 Å². The summed E-state index contributed by atoms with van der Waals surface area (Å²) in [5, 5.41) is 0. The highest BCUT2D eigenvalue weighted by atomic mass is 79.9. The van der Waals surface area contributed by atoms with Crippen LogP contribution >= 0.6 is 15.9 Å². The lowest BCUT2D eigenvalue weighted by atomic mass is 10.0. The van der Waals surface area contributed by atoms with Crippen LogP contribution in [-0.4, -0.2) is 6.04 Å². The molecule has 0 spiro atoms. The minimum Gasteiger partial charge on any atom is -0.454 e. The van der Waals surface area contributed by atoms with E-state index in [0.717, 1.165) is 6.42 Å². The van der Waals surface area contributed by atoms with E-state index in [9.17, 15) is 8.78 Å². The normalized spacial score (nSPS) is 12.2. The quantitative estimate of drug-likeness (QED) is 0.835. The maximum Gasteiger partial charge on any atom is 0.166 e. The summed E-state index contributed by atoms with van der Waals surface area (Å²) in [7, 11) is 0. The lowest BCUT2D eigenvalue weighted by Gasteiger charge is -2.15. The Kier molecular flexibility index (Phi) is 5.31. The molecule has 1 atom stereocenters. The smallest absolute Gasteiger partial charge is 0.166 e. The number of halogens is 3. The predicted molar refractivity (Wildman–Crippen MR) is 82.5 cm³/mol. The molecule has 1 unspecified atom stereocenters. The molecule has 5 heteroatoms. The van der Waals surface area contributed by atoms with Crippen LogP contribution < -0.4 is 10.5 Å². The van der Waals surface area contributed by atoms with Gasteiger partial charge in [0.1, 0.15) is 11.6 Å². The molecular formula is C16H16BrF2NO. The van der Waals surface area contributed by atoms with E-state index >= 15 is 0 Å². The lowest BCUT2D eigenvalue weighted by molar-refractivity contribution is 0.433. The van der Waals surface area contributed by atoms with Gasteiger partial charge in [-0.05, 0) is 54.8 Å². The van der Waals surface area contributed by atoms with Crippen LogP contribution in [0.25, 0.3) is 0 Å². The summed E-state index contributed by atoms with van der Waals surface area (Å²) >= 11 is 3.19. The summed E-state index contributed by atoms with van der Waals surface area (Å²) in [5.74, 6) is -0.339. The van der Waals surface area contributed by atoms with E-state index in [1.807, 2.05) is 6.92 Å². The second-order valence-corrected chi connectivity index (χ2v) is 5.72. The molecule has 21 heavy (non-hydrogen) atoms. The first-order valence-electron chi connectivity index (χ1n) is 6.66. The SMILES string of the molecule is CCC(N)Cc1cc(F)ccc1Oc1ccc(Br)cc1F. The van der Waals surface area contributed by atoms with Gasteiger partial charge in [0.25, 0.3) is 0 Å². The van der Waals surface area contributed by atoms with Gasteiger partial charge in [-0.25, -0.2) is 8.78 Å². The molecule has 0 radical (unpaired) electrons. The molecule has 0 aliphatic heterocycles. The van der Waals surface area contributed by atoms with Gasteiger partial charge in [-0.3, -0.25) is 0 Å². The van der Waals surface area contributed by atoms with Crippen LogP contribution in [0.1, 0.15) is 18.9 Å². The Morgan fingerprint density at radius 2 is 1.86 bits per heavy atom. The molecular weight excluding hydrogens is 340 g/mol. The third-order valence-electron chi connectivity index (χ3n) is 3.14. The zero-order valence-electron chi connectivity index (χ0n) is 11.6. The van der Waals surface area contributed by atoms with Gasteiger partial charge in [-0.1, -0.05) is 22.9 Å². The molecule has 2 rings (SSSR count). The van der Waals surface area contributed by atoms with E-state index in [-0.39, 0.29) is 17.6 Å². The third kappa shape index (κ3) is 4.25. The van der Waals surface area contributed by atoms with Crippen LogP contribution in [0.2, 0.25) is 0 Å². The molecule has 0 amide bonds. The van der Waals surface area contributed by atoms with Crippen molar-refractivity contribution >= 4 is 15.9 Å². The fourth-order valence-corrected chi connectivity index (χ4v) is 2.24. The molecule has 0 aromatic heterocycles. The Morgan fingerprint density at radius 3 is 2.52 bits per heavy atom. The first kappa shape index (κ1) is 15.9. The van der Waals surface area contributed by atoms with Crippen LogP contribution in [0.3, 0.4) is 0 Å². The number of ether oxygens (including phenoxy) is 1. The second kappa shape index (κ2) is 7.00. The first-order chi connectivity index (χ1) is 9.99. The van der Waals surface area contributed by atoms with E-state index < -0.39 is 5.82 Å². The Morgan fingerprint density at radius 1 is 1.14 bits per heavy atom. The zero-order valence-corrected chi connectivity index (χ0v) is 13.2. The fourth-order valence-electron chi connectivity index (χ4n) is 1.91. The Balaban J connectivity index is 2.30. The minimum atomic E-state index is -0.487. The molecule has 0 saturated heterocycles. The molecule has 2 nitrogen and oxygen atoms in total. The van der Waals surface area contributed by atoms with Crippen molar-refractivity contribution in [3.8, 4) is 11.5 Å². The Bertz CT molecular complexity index is 634. The van der Waals surface area contributed by atoms with Crippen LogP contribution in [0, 0.1) is 11.6 Å². The molecule has 0 aliphatic rings. The largest absolute Gasteiger partial charge is 0.454 e. The van der Waals surface area contributed by atoms with E-state index in [0.29, 0.717) is 22.2 Å². The van der Waals surface area contributed by atoms with Crippen LogP contribution in [0.4, 0.5) is 8.78 Å². The molecule has 2 aromatic carbocycles. The minimum absolute atomic E-state index is 0.0936. The monoisotopic (exact) mass is 355 g/mol. The van der Waals surface area contributed by atoms with Gasteiger partial charge in [0.05, 0.1) is 0 Å². The van der Waals surface area contributed by atoms with Crippen LogP contribution in [0.5, 0.6) is 11.5 Å². The van der Waals surface area contributed by atoms with Gasteiger partial charge < -0.3 is 10.5 Å². The average molecular weight is 356 g/mol. The number of hydrogen-bond acceptors (Lipinski definition) is 2. The van der Waals surface area contributed by atoms with Crippen molar-refractivity contribution in [2.45, 2.75) is 25.8 Å². The lowest BCUT2D eigenvalue weighted by Crippen LogP contribution is -2.21. The number of nitrogens with two attached hydrogens (primary N) is 1. The molecule has 0 aliphatic carbocycles. The average Bonchev–Trinajstić information content (AvgIpc) is 2.44. The standard InChI is InChI=1S/C16H16BrF2NO/c1-2-13(20)8-10-7-12(18)4-6-15(10)21-16-5-3-11(17)9-14(16)19/h3-7,9,13H,2,8,20H2,1H3. The summed E-state index contributed by atoms with van der Waals surface area (Å²) < 4.78 is 33.4. The summed E-state index contributed by atoms with van der Waals surface area (Å²) in [6, 6.07) is 8.58. The van der Waals surface area contributed by atoms with Gasteiger partial charge in [-0.2, -0.15) is 0 Å². The predicted octanol–water partition coefficient (Wildman–Crippen LogP) is 4.80. The summed E-state index contributed by atoms with van der Waals surface area (Å²) in [6.07, 6.45) is 1.24. The summed E-state index contributed by atoms with van der Waals surface area (Å²) in [4.78, 5) is 0. The topological polar surface area (TPSA) is 35.2 Å². The van der Waals surface area contributed by atoms with Crippen molar-refractivity contribution in [1.82, 2.24) is 0 Å². The molecule has 0 saturated carbocycles. The van der Waals surface area contributed by atoms with Crippen molar-refractivity contribution in [2.24, 2.45) is 5.73 Å². The van der Waals surface area contributed by atoms with Gasteiger partial charge in [0, 0.05) is 10.5 Å². The van der Waals surface area contributed by atoms with Crippen molar-refractivity contribution in [3.63, 3.8) is 0 Å². The zero-order chi connectivity index (χ0) is 15.4. The van der Waals surface area contributed by atoms with E-state index in [1.54, 1.807) is 6.07 Å². The number of hydrogen-bond donors (Lipinski definition) is 1. The van der Waals surface area contributed by atoms with Crippen molar-refractivity contribution in [3.05, 3.63) is 58.1 Å². The Hall–Kier alpha value is -1.46. The molecule has 0 fully saturated rings. The molecule has 2 aromatic rings. The molecule has 2 N–H and O–H groups in total. The highest BCUT2D eigenvalue weighted by Crippen LogP contribution is 2.30. The van der Waals surface area contributed by atoms with Crippen molar-refractivity contribution < 1.29 is 13.5 Å². The highest BCUT2D eigenvalue weighted by molar-refractivity contribution is 9.10. The van der Waals surface area contributed by atoms with Crippen molar-refractivity contribution in [2.75, 3.05) is 0 Å². The van der Waals surface area contributed by atoms with E-state index in [1.165, 1.54) is 30.3 Å².